The molecular weight excluding hydrogens is 256 g/mol. The van der Waals surface area contributed by atoms with Gasteiger partial charge in [-0.1, -0.05) is 36.4 Å². The molecule has 0 N–H and O–H groups in total. The fourth-order valence-electron chi connectivity index (χ4n) is 1.53. The van der Waals surface area contributed by atoms with Gasteiger partial charge in [-0.2, -0.15) is 0 Å². The minimum atomic E-state index is 0.0365. The van der Waals surface area contributed by atoms with Crippen LogP contribution in [-0.2, 0) is 0 Å². The lowest BCUT2D eigenvalue weighted by Gasteiger charge is -1.98. The van der Waals surface area contributed by atoms with E-state index in [0.717, 1.165) is 16.2 Å². The maximum Gasteiger partial charge on any atom is 0.195 e. The predicted octanol–water partition coefficient (Wildman–Crippen LogP) is 4.21. The summed E-state index contributed by atoms with van der Waals surface area (Å²) in [5, 5.41) is 1.90. The zero-order valence-electron chi connectivity index (χ0n) is 10.6. The lowest BCUT2D eigenvalue weighted by Crippen LogP contribution is -1.87. The van der Waals surface area contributed by atoms with Gasteiger partial charge in [0.05, 0.1) is 12.0 Å². The van der Waals surface area contributed by atoms with Gasteiger partial charge in [0.25, 0.3) is 0 Å². The van der Waals surface area contributed by atoms with Gasteiger partial charge in [-0.3, -0.25) is 4.79 Å². The lowest BCUT2D eigenvalue weighted by atomic mass is 10.2. The highest BCUT2D eigenvalue weighted by atomic mass is 32.1. The second-order valence-corrected chi connectivity index (χ2v) is 4.78. The first kappa shape index (κ1) is 13.3. The average molecular weight is 270 g/mol. The van der Waals surface area contributed by atoms with E-state index in [2.05, 4.69) is 0 Å². The monoisotopic (exact) mass is 270 g/mol. The molecule has 2 aromatic rings. The molecule has 0 aliphatic carbocycles. The van der Waals surface area contributed by atoms with Gasteiger partial charge in [0.15, 0.2) is 5.78 Å². The third-order valence-corrected chi connectivity index (χ3v) is 3.41. The Hall–Kier alpha value is -2.13. The van der Waals surface area contributed by atoms with Crippen molar-refractivity contribution in [1.82, 2.24) is 0 Å². The summed E-state index contributed by atoms with van der Waals surface area (Å²) in [4.78, 5) is 12.4. The summed E-state index contributed by atoms with van der Waals surface area (Å²) >= 11 is 1.45. The van der Waals surface area contributed by atoms with E-state index in [0.29, 0.717) is 0 Å². The van der Waals surface area contributed by atoms with Gasteiger partial charge in [0.1, 0.15) is 5.75 Å². The second kappa shape index (κ2) is 6.71. The van der Waals surface area contributed by atoms with Crippen molar-refractivity contribution in [2.45, 2.75) is 0 Å². The number of allylic oxidation sites excluding steroid dienone is 3. The fourth-order valence-corrected chi connectivity index (χ4v) is 2.17. The topological polar surface area (TPSA) is 26.3 Å². The van der Waals surface area contributed by atoms with Gasteiger partial charge >= 0.3 is 0 Å². The average Bonchev–Trinajstić information content (AvgIpc) is 2.98. The molecule has 0 atom stereocenters. The first-order valence-corrected chi connectivity index (χ1v) is 6.74. The summed E-state index contributed by atoms with van der Waals surface area (Å²) in [5.41, 5.74) is 1.06. The first-order chi connectivity index (χ1) is 9.29. The smallest absolute Gasteiger partial charge is 0.195 e. The number of thiophene rings is 1. The Morgan fingerprint density at radius 1 is 1.16 bits per heavy atom. The molecule has 0 aliphatic heterocycles. The van der Waals surface area contributed by atoms with Crippen LogP contribution in [0.2, 0.25) is 0 Å². The van der Waals surface area contributed by atoms with Crippen LogP contribution in [0, 0.1) is 0 Å². The summed E-state index contributed by atoms with van der Waals surface area (Å²) in [7, 11) is 1.64. The second-order valence-electron chi connectivity index (χ2n) is 3.83. The van der Waals surface area contributed by atoms with Crippen molar-refractivity contribution in [1.29, 1.82) is 0 Å². The molecule has 96 valence electrons. The maximum atomic E-state index is 11.7. The Bertz CT molecular complexity index is 578. The minimum absolute atomic E-state index is 0.0365. The lowest BCUT2D eigenvalue weighted by molar-refractivity contribution is 0.105. The van der Waals surface area contributed by atoms with E-state index in [-0.39, 0.29) is 5.78 Å². The van der Waals surface area contributed by atoms with Crippen LogP contribution in [0.1, 0.15) is 15.2 Å². The van der Waals surface area contributed by atoms with Crippen LogP contribution in [0.15, 0.2) is 60.0 Å². The van der Waals surface area contributed by atoms with Gasteiger partial charge in [-0.25, -0.2) is 0 Å². The summed E-state index contributed by atoms with van der Waals surface area (Å²) in [6.45, 7) is 0. The Morgan fingerprint density at radius 3 is 2.58 bits per heavy atom. The third kappa shape index (κ3) is 3.93. The van der Waals surface area contributed by atoms with Crippen molar-refractivity contribution in [2.24, 2.45) is 0 Å². The van der Waals surface area contributed by atoms with Crippen molar-refractivity contribution >= 4 is 23.2 Å². The van der Waals surface area contributed by atoms with E-state index in [4.69, 9.17) is 4.74 Å². The summed E-state index contributed by atoms with van der Waals surface area (Å²) in [6.07, 6.45) is 7.13. The molecule has 0 saturated heterocycles. The number of ether oxygens (including phenoxy) is 1. The molecule has 0 spiro atoms. The number of carbonyl (C=O) groups excluding carboxylic acids is 1. The number of carbonyl (C=O) groups is 1. The molecule has 3 heteroatoms. The molecule has 0 amide bonds. The molecule has 2 nitrogen and oxygen atoms in total. The number of methoxy groups -OCH3 is 1. The van der Waals surface area contributed by atoms with Crippen LogP contribution >= 0.6 is 11.3 Å². The highest BCUT2D eigenvalue weighted by Gasteiger charge is 1.99. The molecule has 0 fully saturated rings. The van der Waals surface area contributed by atoms with Crippen LogP contribution in [0.4, 0.5) is 0 Å². The fraction of sp³-hybridized carbons (Fsp3) is 0.0625. The van der Waals surface area contributed by atoms with Crippen LogP contribution in [0.3, 0.4) is 0 Å². The Balaban J connectivity index is 1.93. The molecule has 19 heavy (non-hydrogen) atoms. The molecule has 2 rings (SSSR count). The highest BCUT2D eigenvalue weighted by Crippen LogP contribution is 2.12. The number of benzene rings is 1. The zero-order valence-corrected chi connectivity index (χ0v) is 11.4. The SMILES string of the molecule is COc1ccc(/C=C/C=C/C(=O)c2cccs2)cc1. The van der Waals surface area contributed by atoms with Crippen LogP contribution in [0.25, 0.3) is 6.08 Å². The molecule has 0 bridgehead atoms. The third-order valence-electron chi connectivity index (χ3n) is 2.53. The van der Waals surface area contributed by atoms with E-state index in [1.807, 2.05) is 53.9 Å². The van der Waals surface area contributed by atoms with E-state index in [1.165, 1.54) is 11.3 Å². The standard InChI is InChI=1S/C16H14O2S/c1-18-14-10-8-13(9-11-14)5-2-3-6-15(17)16-7-4-12-19-16/h2-12H,1H3/b5-2+,6-3+. The van der Waals surface area contributed by atoms with E-state index < -0.39 is 0 Å². The predicted molar refractivity (Wildman–Crippen MR) is 79.8 cm³/mol. The first-order valence-electron chi connectivity index (χ1n) is 5.86. The quantitative estimate of drug-likeness (QED) is 0.462. The normalized spacial score (nSPS) is 11.2. The maximum absolute atomic E-state index is 11.7. The van der Waals surface area contributed by atoms with Gasteiger partial charge < -0.3 is 4.74 Å². The molecule has 1 heterocycles. The van der Waals surface area contributed by atoms with Crippen LogP contribution in [0.5, 0.6) is 5.75 Å². The summed E-state index contributed by atoms with van der Waals surface area (Å²) in [6, 6.07) is 11.4. The van der Waals surface area contributed by atoms with Crippen molar-refractivity contribution in [3.8, 4) is 5.75 Å². The number of hydrogen-bond donors (Lipinski definition) is 0. The van der Waals surface area contributed by atoms with Crippen LogP contribution in [-0.4, -0.2) is 12.9 Å². The summed E-state index contributed by atoms with van der Waals surface area (Å²) < 4.78 is 5.09. The van der Waals surface area contributed by atoms with Crippen molar-refractivity contribution in [2.75, 3.05) is 7.11 Å². The largest absolute Gasteiger partial charge is 0.497 e. The number of ketones is 1. The van der Waals surface area contributed by atoms with Gasteiger partial charge in [0, 0.05) is 0 Å². The van der Waals surface area contributed by atoms with E-state index >= 15 is 0 Å². The van der Waals surface area contributed by atoms with Crippen LogP contribution < -0.4 is 4.74 Å². The molecule has 0 unspecified atom stereocenters. The highest BCUT2D eigenvalue weighted by molar-refractivity contribution is 7.12. The summed E-state index contributed by atoms with van der Waals surface area (Å²) in [5.74, 6) is 0.870. The van der Waals surface area contributed by atoms with E-state index in [1.54, 1.807) is 19.3 Å². The Kier molecular flexibility index (Phi) is 4.70. The van der Waals surface area contributed by atoms with E-state index in [9.17, 15) is 4.79 Å². The molecule has 1 aromatic heterocycles. The molecule has 0 aliphatic rings. The zero-order chi connectivity index (χ0) is 13.5. The Morgan fingerprint density at radius 2 is 1.95 bits per heavy atom. The minimum Gasteiger partial charge on any atom is -0.497 e. The Labute approximate surface area is 116 Å². The van der Waals surface area contributed by atoms with Gasteiger partial charge in [-0.05, 0) is 35.2 Å². The molecule has 1 aromatic carbocycles. The van der Waals surface area contributed by atoms with Crippen molar-refractivity contribution < 1.29 is 9.53 Å². The number of rotatable bonds is 5. The molecular formula is C16H14O2S. The van der Waals surface area contributed by atoms with Crippen molar-refractivity contribution in [3.05, 3.63) is 70.4 Å². The molecule has 0 radical (unpaired) electrons. The van der Waals surface area contributed by atoms with Gasteiger partial charge in [0.2, 0.25) is 0 Å². The number of hydrogen-bond acceptors (Lipinski definition) is 3. The molecule has 0 saturated carbocycles. The van der Waals surface area contributed by atoms with Crippen molar-refractivity contribution in [3.63, 3.8) is 0 Å². The van der Waals surface area contributed by atoms with Gasteiger partial charge in [-0.15, -0.1) is 11.3 Å².